The molecule has 0 aliphatic carbocycles. The zero-order chi connectivity index (χ0) is 12.3. The van der Waals surface area contributed by atoms with Crippen LogP contribution < -0.4 is 0 Å². The van der Waals surface area contributed by atoms with Gasteiger partial charge in [-0.15, -0.1) is 0 Å². The number of carbonyl (C=O) groups excluding carboxylic acids is 1. The number of nitrogens with zero attached hydrogens (tertiary/aromatic N) is 2. The number of hydrogen-bond acceptors (Lipinski definition) is 2. The SMILES string of the molecule is CC(=O)N(C)CCCc1nc2ccccc2[nH]1. The van der Waals surface area contributed by atoms with E-state index in [1.807, 2.05) is 31.3 Å². The quantitative estimate of drug-likeness (QED) is 0.874. The van der Waals surface area contributed by atoms with Crippen LogP contribution in [0.25, 0.3) is 11.0 Å². The lowest BCUT2D eigenvalue weighted by Gasteiger charge is -2.13. The summed E-state index contributed by atoms with van der Waals surface area (Å²) < 4.78 is 0. The van der Waals surface area contributed by atoms with Gasteiger partial charge in [-0.1, -0.05) is 12.1 Å². The second-order valence-corrected chi connectivity index (χ2v) is 4.24. The molecular formula is C13H17N3O. The molecule has 0 radical (unpaired) electrons. The number of aryl methyl sites for hydroxylation is 1. The van der Waals surface area contributed by atoms with Crippen LogP contribution in [0.5, 0.6) is 0 Å². The molecule has 0 aliphatic heterocycles. The van der Waals surface area contributed by atoms with Gasteiger partial charge in [0.05, 0.1) is 11.0 Å². The van der Waals surface area contributed by atoms with E-state index in [-0.39, 0.29) is 5.91 Å². The molecule has 4 heteroatoms. The number of nitrogens with one attached hydrogen (secondary N) is 1. The number of aromatic nitrogens is 2. The highest BCUT2D eigenvalue weighted by molar-refractivity contribution is 5.74. The van der Waals surface area contributed by atoms with Gasteiger partial charge in [-0.2, -0.15) is 0 Å². The van der Waals surface area contributed by atoms with E-state index in [1.54, 1.807) is 11.8 Å². The summed E-state index contributed by atoms with van der Waals surface area (Å²) in [5.41, 5.74) is 2.07. The standard InChI is InChI=1S/C13H17N3O/c1-10(17)16(2)9-5-8-13-14-11-6-3-4-7-12(11)15-13/h3-4,6-7H,5,8-9H2,1-2H3,(H,14,15). The van der Waals surface area contributed by atoms with Crippen molar-refractivity contribution in [3.8, 4) is 0 Å². The zero-order valence-electron chi connectivity index (χ0n) is 10.2. The van der Waals surface area contributed by atoms with Crippen molar-refractivity contribution in [3.63, 3.8) is 0 Å². The summed E-state index contributed by atoms with van der Waals surface area (Å²) in [5.74, 6) is 1.10. The van der Waals surface area contributed by atoms with Crippen molar-refractivity contribution in [1.82, 2.24) is 14.9 Å². The second kappa shape index (κ2) is 4.99. The van der Waals surface area contributed by atoms with Crippen LogP contribution in [0.4, 0.5) is 0 Å². The van der Waals surface area contributed by atoms with E-state index < -0.39 is 0 Å². The Labute approximate surface area is 101 Å². The van der Waals surface area contributed by atoms with E-state index in [0.717, 1.165) is 36.2 Å². The Morgan fingerprint density at radius 1 is 1.41 bits per heavy atom. The van der Waals surface area contributed by atoms with Crippen molar-refractivity contribution in [1.29, 1.82) is 0 Å². The molecule has 0 bridgehead atoms. The van der Waals surface area contributed by atoms with Crippen LogP contribution in [0.1, 0.15) is 19.2 Å². The maximum absolute atomic E-state index is 11.0. The van der Waals surface area contributed by atoms with Crippen molar-refractivity contribution >= 4 is 16.9 Å². The summed E-state index contributed by atoms with van der Waals surface area (Å²) in [5, 5.41) is 0. The van der Waals surface area contributed by atoms with Crippen molar-refractivity contribution in [2.45, 2.75) is 19.8 Å². The molecule has 17 heavy (non-hydrogen) atoms. The van der Waals surface area contributed by atoms with Crippen molar-refractivity contribution in [2.75, 3.05) is 13.6 Å². The summed E-state index contributed by atoms with van der Waals surface area (Å²) in [6, 6.07) is 7.99. The van der Waals surface area contributed by atoms with Crippen LogP contribution >= 0.6 is 0 Å². The maximum atomic E-state index is 11.0. The van der Waals surface area contributed by atoms with E-state index in [9.17, 15) is 4.79 Å². The molecule has 0 saturated carbocycles. The number of benzene rings is 1. The number of H-pyrrole nitrogens is 1. The predicted molar refractivity (Wildman–Crippen MR) is 67.7 cm³/mol. The largest absolute Gasteiger partial charge is 0.346 e. The first-order valence-corrected chi connectivity index (χ1v) is 5.82. The summed E-state index contributed by atoms with van der Waals surface area (Å²) in [6.07, 6.45) is 1.79. The Morgan fingerprint density at radius 2 is 2.18 bits per heavy atom. The molecule has 1 aromatic carbocycles. The molecule has 1 N–H and O–H groups in total. The number of fused-ring (bicyclic) bond motifs is 1. The molecule has 0 atom stereocenters. The Bertz CT molecular complexity index is 485. The summed E-state index contributed by atoms with van der Waals surface area (Å²) in [6.45, 7) is 2.35. The molecule has 1 aromatic heterocycles. The Kier molecular flexibility index (Phi) is 3.42. The van der Waals surface area contributed by atoms with Crippen LogP contribution in [0.15, 0.2) is 24.3 Å². The molecule has 0 unspecified atom stereocenters. The normalized spacial score (nSPS) is 10.7. The highest BCUT2D eigenvalue weighted by Gasteiger charge is 2.04. The van der Waals surface area contributed by atoms with Crippen LogP contribution in [-0.2, 0) is 11.2 Å². The van der Waals surface area contributed by atoms with Gasteiger partial charge in [0.15, 0.2) is 0 Å². The highest BCUT2D eigenvalue weighted by atomic mass is 16.2. The van der Waals surface area contributed by atoms with E-state index in [0.29, 0.717) is 0 Å². The molecular weight excluding hydrogens is 214 g/mol. The van der Waals surface area contributed by atoms with E-state index >= 15 is 0 Å². The average Bonchev–Trinajstić information content (AvgIpc) is 2.71. The third-order valence-electron chi connectivity index (χ3n) is 2.88. The van der Waals surface area contributed by atoms with E-state index in [4.69, 9.17) is 0 Å². The van der Waals surface area contributed by atoms with Crippen LogP contribution in [0.3, 0.4) is 0 Å². The van der Waals surface area contributed by atoms with E-state index in [1.165, 1.54) is 0 Å². The fraction of sp³-hybridized carbons (Fsp3) is 0.385. The number of rotatable bonds is 4. The first-order chi connectivity index (χ1) is 8.16. The number of amides is 1. The fourth-order valence-electron chi connectivity index (χ4n) is 1.77. The molecule has 2 rings (SSSR count). The molecule has 1 amide bonds. The van der Waals surface area contributed by atoms with Gasteiger partial charge in [0.2, 0.25) is 5.91 Å². The molecule has 0 aliphatic rings. The van der Waals surface area contributed by atoms with Crippen molar-refractivity contribution in [3.05, 3.63) is 30.1 Å². The average molecular weight is 231 g/mol. The van der Waals surface area contributed by atoms with Crippen LogP contribution in [0, 0.1) is 0 Å². The molecule has 1 heterocycles. The highest BCUT2D eigenvalue weighted by Crippen LogP contribution is 2.11. The van der Waals surface area contributed by atoms with Crippen LogP contribution in [0.2, 0.25) is 0 Å². The Morgan fingerprint density at radius 3 is 2.88 bits per heavy atom. The predicted octanol–water partition coefficient (Wildman–Crippen LogP) is 1.97. The van der Waals surface area contributed by atoms with E-state index in [2.05, 4.69) is 9.97 Å². The van der Waals surface area contributed by atoms with Gasteiger partial charge in [-0.3, -0.25) is 4.79 Å². The molecule has 90 valence electrons. The summed E-state index contributed by atoms with van der Waals surface area (Å²) in [7, 11) is 1.82. The van der Waals surface area contributed by atoms with Gasteiger partial charge in [-0.05, 0) is 18.6 Å². The molecule has 0 fully saturated rings. The number of hydrogen-bond donors (Lipinski definition) is 1. The second-order valence-electron chi connectivity index (χ2n) is 4.24. The topological polar surface area (TPSA) is 49.0 Å². The Balaban J connectivity index is 1.93. The van der Waals surface area contributed by atoms with Crippen molar-refractivity contribution < 1.29 is 4.79 Å². The minimum absolute atomic E-state index is 0.106. The smallest absolute Gasteiger partial charge is 0.219 e. The zero-order valence-corrected chi connectivity index (χ0v) is 10.2. The molecule has 0 saturated heterocycles. The van der Waals surface area contributed by atoms with Gasteiger partial charge in [0.25, 0.3) is 0 Å². The summed E-state index contributed by atoms with van der Waals surface area (Å²) >= 11 is 0. The number of imidazole rings is 1. The Hall–Kier alpha value is -1.84. The number of carbonyl (C=O) groups is 1. The minimum atomic E-state index is 0.106. The lowest BCUT2D eigenvalue weighted by atomic mass is 10.3. The molecule has 2 aromatic rings. The van der Waals surface area contributed by atoms with Gasteiger partial charge < -0.3 is 9.88 Å². The van der Waals surface area contributed by atoms with Crippen molar-refractivity contribution in [2.24, 2.45) is 0 Å². The first kappa shape index (κ1) is 11.6. The maximum Gasteiger partial charge on any atom is 0.219 e. The third-order valence-corrected chi connectivity index (χ3v) is 2.88. The monoisotopic (exact) mass is 231 g/mol. The molecule has 4 nitrogen and oxygen atoms in total. The number of aromatic amines is 1. The third kappa shape index (κ3) is 2.84. The molecule has 0 spiro atoms. The van der Waals surface area contributed by atoms with Gasteiger partial charge >= 0.3 is 0 Å². The fourth-order valence-corrected chi connectivity index (χ4v) is 1.77. The lowest BCUT2D eigenvalue weighted by Crippen LogP contribution is -2.25. The summed E-state index contributed by atoms with van der Waals surface area (Å²) in [4.78, 5) is 20.5. The minimum Gasteiger partial charge on any atom is -0.346 e. The van der Waals surface area contributed by atoms with Gasteiger partial charge in [-0.25, -0.2) is 4.98 Å². The lowest BCUT2D eigenvalue weighted by molar-refractivity contribution is -0.127. The van der Waals surface area contributed by atoms with Gasteiger partial charge in [0, 0.05) is 26.9 Å². The first-order valence-electron chi connectivity index (χ1n) is 5.82. The number of para-hydroxylation sites is 2. The van der Waals surface area contributed by atoms with Gasteiger partial charge in [0.1, 0.15) is 5.82 Å². The van der Waals surface area contributed by atoms with Crippen LogP contribution in [-0.4, -0.2) is 34.4 Å².